The Balaban J connectivity index is 1.95. The molecule has 4 aromatic rings. The van der Waals surface area contributed by atoms with Crippen LogP contribution in [-0.2, 0) is 0 Å². The number of nitrogens with zero attached hydrogens (tertiary/aromatic N) is 1. The number of fused-ring (bicyclic) bond motifs is 5. The van der Waals surface area contributed by atoms with E-state index in [-0.39, 0.29) is 0 Å². The van der Waals surface area contributed by atoms with Crippen molar-refractivity contribution >= 4 is 46.1 Å². The Morgan fingerprint density at radius 3 is 2.52 bits per heavy atom. The van der Waals surface area contributed by atoms with Crippen molar-refractivity contribution in [3.05, 3.63) is 60.7 Å². The molecule has 5 rings (SSSR count). The van der Waals surface area contributed by atoms with Gasteiger partial charge in [0.1, 0.15) is 0 Å². The second-order valence-electron chi connectivity index (χ2n) is 5.71. The molecule has 0 amide bonds. The first kappa shape index (κ1) is 13.3. The summed E-state index contributed by atoms with van der Waals surface area (Å²) in [5, 5.41) is 21.4. The fourth-order valence-electron chi connectivity index (χ4n) is 3.40. The molecule has 5 heteroatoms. The van der Waals surface area contributed by atoms with Crippen LogP contribution in [0.1, 0.15) is 0 Å². The highest BCUT2D eigenvalue weighted by molar-refractivity contribution is 7.99. The van der Waals surface area contributed by atoms with Crippen LogP contribution in [0.5, 0.6) is 0 Å². The molecule has 1 aliphatic rings. The molecular weight excluding hydrogens is 305 g/mol. The summed E-state index contributed by atoms with van der Waals surface area (Å²) in [6, 6.07) is 20.4. The average molecular weight is 317 g/mol. The maximum Gasteiger partial charge on any atom is 0.488 e. The number of aromatic nitrogens is 1. The van der Waals surface area contributed by atoms with Gasteiger partial charge in [0.2, 0.25) is 0 Å². The van der Waals surface area contributed by atoms with Crippen LogP contribution in [0.25, 0.3) is 27.5 Å². The van der Waals surface area contributed by atoms with Gasteiger partial charge in [0.15, 0.2) is 0 Å². The molecule has 0 radical (unpaired) electrons. The Bertz CT molecular complexity index is 1090. The Hall–Kier alpha value is -2.21. The molecule has 0 atom stereocenters. The molecule has 0 aliphatic carbocycles. The van der Waals surface area contributed by atoms with E-state index >= 15 is 0 Å². The lowest BCUT2D eigenvalue weighted by molar-refractivity contribution is 0.425. The normalized spacial score (nSPS) is 12.6. The minimum absolute atomic E-state index is 0.517. The first-order valence-electron chi connectivity index (χ1n) is 7.44. The highest BCUT2D eigenvalue weighted by Gasteiger charge is 2.24. The van der Waals surface area contributed by atoms with Crippen molar-refractivity contribution in [2.45, 2.75) is 9.79 Å². The van der Waals surface area contributed by atoms with E-state index in [0.29, 0.717) is 5.46 Å². The lowest BCUT2D eigenvalue weighted by Gasteiger charge is -2.20. The second-order valence-corrected chi connectivity index (χ2v) is 6.79. The Kier molecular flexibility index (Phi) is 2.68. The van der Waals surface area contributed by atoms with Gasteiger partial charge in [-0.3, -0.25) is 0 Å². The van der Waals surface area contributed by atoms with Crippen molar-refractivity contribution in [2.24, 2.45) is 0 Å². The van der Waals surface area contributed by atoms with E-state index in [9.17, 15) is 10.0 Å². The minimum atomic E-state index is -1.44. The second kappa shape index (κ2) is 4.65. The van der Waals surface area contributed by atoms with Crippen LogP contribution >= 0.6 is 11.8 Å². The maximum absolute atomic E-state index is 9.44. The molecular formula is C18H12BNO2S. The van der Waals surface area contributed by atoms with E-state index in [2.05, 4.69) is 47.0 Å². The maximum atomic E-state index is 9.44. The van der Waals surface area contributed by atoms with Gasteiger partial charge in [-0.15, -0.1) is 0 Å². The smallest absolute Gasteiger partial charge is 0.423 e. The number of para-hydroxylation sites is 2. The van der Waals surface area contributed by atoms with Crippen LogP contribution in [0, 0.1) is 0 Å². The summed E-state index contributed by atoms with van der Waals surface area (Å²) in [5.74, 6) is 0. The van der Waals surface area contributed by atoms with E-state index < -0.39 is 7.12 Å². The highest BCUT2D eigenvalue weighted by atomic mass is 32.2. The molecule has 110 valence electrons. The van der Waals surface area contributed by atoms with Crippen LogP contribution in [0.4, 0.5) is 0 Å². The van der Waals surface area contributed by atoms with E-state index in [1.807, 2.05) is 12.1 Å². The summed E-state index contributed by atoms with van der Waals surface area (Å²) < 4.78 is 2.28. The van der Waals surface area contributed by atoms with Crippen molar-refractivity contribution in [3.63, 3.8) is 0 Å². The fourth-order valence-corrected chi connectivity index (χ4v) is 4.54. The van der Waals surface area contributed by atoms with Crippen LogP contribution in [0.2, 0.25) is 0 Å². The fraction of sp³-hybridized carbons (Fsp3) is 0. The lowest BCUT2D eigenvalue weighted by atomic mass is 9.80. The quantitative estimate of drug-likeness (QED) is 0.467. The molecule has 1 aromatic heterocycles. The van der Waals surface area contributed by atoms with Crippen LogP contribution in [0.15, 0.2) is 70.5 Å². The predicted molar refractivity (Wildman–Crippen MR) is 94.7 cm³/mol. The monoisotopic (exact) mass is 317 g/mol. The molecule has 1 aliphatic heterocycles. The number of hydrogen-bond acceptors (Lipinski definition) is 3. The van der Waals surface area contributed by atoms with E-state index in [1.165, 1.54) is 26.7 Å². The Morgan fingerprint density at radius 1 is 0.826 bits per heavy atom. The van der Waals surface area contributed by atoms with Gasteiger partial charge in [-0.1, -0.05) is 48.2 Å². The molecule has 0 bridgehead atoms. The zero-order chi connectivity index (χ0) is 15.6. The van der Waals surface area contributed by atoms with E-state index in [0.717, 1.165) is 10.6 Å². The van der Waals surface area contributed by atoms with Gasteiger partial charge in [-0.2, -0.15) is 0 Å². The SMILES string of the molecule is OB(O)c1ccc2c(c1)Sc1cccc3c4ccccc4n-2c13. The van der Waals surface area contributed by atoms with Gasteiger partial charge in [-0.05, 0) is 29.7 Å². The molecule has 0 spiro atoms. The van der Waals surface area contributed by atoms with E-state index in [1.54, 1.807) is 17.8 Å². The zero-order valence-corrected chi connectivity index (χ0v) is 12.9. The number of rotatable bonds is 1. The number of benzene rings is 3. The number of hydrogen-bond donors (Lipinski definition) is 2. The molecule has 0 saturated carbocycles. The molecule has 23 heavy (non-hydrogen) atoms. The standard InChI is InChI=1S/C18H12BNO2S/c21-19(22)11-8-9-15-17(10-11)23-16-7-3-5-13-12-4-1-2-6-14(12)20(15)18(13)16/h1-10,21-22H. The molecule has 2 N–H and O–H groups in total. The summed E-state index contributed by atoms with van der Waals surface area (Å²) in [6.45, 7) is 0. The minimum Gasteiger partial charge on any atom is -0.423 e. The van der Waals surface area contributed by atoms with Crippen molar-refractivity contribution in [1.82, 2.24) is 4.57 Å². The molecule has 3 aromatic carbocycles. The van der Waals surface area contributed by atoms with Gasteiger partial charge < -0.3 is 14.6 Å². The van der Waals surface area contributed by atoms with Gasteiger partial charge in [0.25, 0.3) is 0 Å². The van der Waals surface area contributed by atoms with Gasteiger partial charge >= 0.3 is 7.12 Å². The van der Waals surface area contributed by atoms with Crippen molar-refractivity contribution in [3.8, 4) is 5.69 Å². The van der Waals surface area contributed by atoms with Crippen molar-refractivity contribution in [1.29, 1.82) is 0 Å². The molecule has 0 saturated heterocycles. The van der Waals surface area contributed by atoms with E-state index in [4.69, 9.17) is 0 Å². The summed E-state index contributed by atoms with van der Waals surface area (Å²) in [5.41, 5.74) is 4.00. The third-order valence-electron chi connectivity index (χ3n) is 4.40. The largest absolute Gasteiger partial charge is 0.488 e. The first-order chi connectivity index (χ1) is 11.2. The van der Waals surface area contributed by atoms with Crippen LogP contribution in [-0.4, -0.2) is 21.7 Å². The summed E-state index contributed by atoms with van der Waals surface area (Å²) in [7, 11) is -1.44. The first-order valence-corrected chi connectivity index (χ1v) is 8.26. The predicted octanol–water partition coefficient (Wildman–Crippen LogP) is 2.93. The third kappa shape index (κ3) is 1.75. The third-order valence-corrected chi connectivity index (χ3v) is 5.50. The zero-order valence-electron chi connectivity index (χ0n) is 12.1. The van der Waals surface area contributed by atoms with Gasteiger partial charge in [0.05, 0.1) is 16.7 Å². The van der Waals surface area contributed by atoms with Gasteiger partial charge in [-0.25, -0.2) is 0 Å². The molecule has 3 nitrogen and oxygen atoms in total. The van der Waals surface area contributed by atoms with Gasteiger partial charge in [0, 0.05) is 20.6 Å². The summed E-state index contributed by atoms with van der Waals surface area (Å²) in [6.07, 6.45) is 0. The summed E-state index contributed by atoms with van der Waals surface area (Å²) >= 11 is 1.68. The Labute approximate surface area is 137 Å². The topological polar surface area (TPSA) is 45.4 Å². The van der Waals surface area contributed by atoms with Crippen LogP contribution < -0.4 is 5.46 Å². The molecule has 2 heterocycles. The average Bonchev–Trinajstić information content (AvgIpc) is 2.91. The Morgan fingerprint density at radius 2 is 1.65 bits per heavy atom. The van der Waals surface area contributed by atoms with Crippen molar-refractivity contribution < 1.29 is 10.0 Å². The molecule has 0 unspecified atom stereocenters. The lowest BCUT2D eigenvalue weighted by Crippen LogP contribution is -2.30. The molecule has 0 fully saturated rings. The van der Waals surface area contributed by atoms with Crippen LogP contribution in [0.3, 0.4) is 0 Å². The highest BCUT2D eigenvalue weighted by Crippen LogP contribution is 2.46. The van der Waals surface area contributed by atoms with Crippen molar-refractivity contribution in [2.75, 3.05) is 0 Å². The summed E-state index contributed by atoms with van der Waals surface area (Å²) in [4.78, 5) is 2.23.